The monoisotopic (exact) mass is 383 g/mol. The molecule has 2 amide bonds. The van der Waals surface area contributed by atoms with E-state index in [1.54, 1.807) is 36.4 Å². The Bertz CT molecular complexity index is 938. The predicted molar refractivity (Wildman–Crippen MR) is 103 cm³/mol. The first kappa shape index (κ1) is 18.7. The smallest absolute Gasteiger partial charge is 0.286 e. The van der Waals surface area contributed by atoms with E-state index in [-0.39, 0.29) is 22.7 Å². The van der Waals surface area contributed by atoms with E-state index in [0.717, 1.165) is 17.3 Å². The van der Waals surface area contributed by atoms with Crippen molar-refractivity contribution in [3.8, 4) is 11.5 Å². The molecular formula is C20H17NO5S. The minimum Gasteiger partial charge on any atom is -0.504 e. The van der Waals surface area contributed by atoms with Crippen LogP contribution in [-0.2, 0) is 11.2 Å². The number of phenolic OH excluding ortho intramolecular Hbond substituents is 1. The highest BCUT2D eigenvalue weighted by molar-refractivity contribution is 8.15. The molecule has 1 heterocycles. The molecule has 2 N–H and O–H groups in total. The van der Waals surface area contributed by atoms with Crippen molar-refractivity contribution in [3.63, 3.8) is 0 Å². The molecule has 0 radical (unpaired) electrons. The molecule has 27 heavy (non-hydrogen) atoms. The molecule has 1 unspecified atom stereocenters. The average Bonchev–Trinajstić information content (AvgIpc) is 2.97. The van der Waals surface area contributed by atoms with E-state index in [1.807, 2.05) is 6.07 Å². The molecule has 138 valence electrons. The molecule has 1 atom stereocenters. The quantitative estimate of drug-likeness (QED) is 0.588. The van der Waals surface area contributed by atoms with Crippen LogP contribution in [0.4, 0.5) is 4.79 Å². The van der Waals surface area contributed by atoms with Crippen molar-refractivity contribution in [1.82, 2.24) is 5.32 Å². The van der Waals surface area contributed by atoms with Crippen LogP contribution < -0.4 is 10.1 Å². The number of hydrogen-bond acceptors (Lipinski definition) is 6. The van der Waals surface area contributed by atoms with Crippen LogP contribution in [0.2, 0.25) is 0 Å². The number of carbonyl (C=O) groups excluding carboxylic acids is 3. The normalized spacial score (nSPS) is 16.6. The molecule has 0 saturated carbocycles. The number of benzene rings is 2. The van der Waals surface area contributed by atoms with Gasteiger partial charge in [0, 0.05) is 5.56 Å². The maximum absolute atomic E-state index is 12.4. The van der Waals surface area contributed by atoms with Gasteiger partial charge in [0.05, 0.1) is 12.4 Å². The zero-order valence-corrected chi connectivity index (χ0v) is 15.3. The van der Waals surface area contributed by atoms with E-state index in [2.05, 4.69) is 5.32 Å². The van der Waals surface area contributed by atoms with Gasteiger partial charge < -0.3 is 9.84 Å². The second-order valence-electron chi connectivity index (χ2n) is 5.92. The first-order valence-electron chi connectivity index (χ1n) is 8.16. The number of allylic oxidation sites excluding steroid dienone is 1. The minimum absolute atomic E-state index is 0.0287. The Morgan fingerprint density at radius 3 is 2.78 bits per heavy atom. The van der Waals surface area contributed by atoms with Gasteiger partial charge in [-0.2, -0.15) is 0 Å². The Hall–Kier alpha value is -3.06. The summed E-state index contributed by atoms with van der Waals surface area (Å²) in [4.78, 5) is 35.4. The second-order valence-corrected chi connectivity index (χ2v) is 7.09. The molecule has 0 aliphatic carbocycles. The molecule has 2 aromatic rings. The fraction of sp³-hybridized carbons (Fsp3) is 0.150. The minimum atomic E-state index is -0.470. The molecule has 3 rings (SSSR count). The highest BCUT2D eigenvalue weighted by atomic mass is 32.2. The van der Waals surface area contributed by atoms with Gasteiger partial charge in [-0.05, 0) is 41.8 Å². The summed E-state index contributed by atoms with van der Waals surface area (Å²) in [6.45, 7) is 0. The van der Waals surface area contributed by atoms with E-state index in [4.69, 9.17) is 4.74 Å². The van der Waals surface area contributed by atoms with Crippen molar-refractivity contribution in [2.24, 2.45) is 0 Å². The fourth-order valence-corrected chi connectivity index (χ4v) is 3.52. The first-order valence-corrected chi connectivity index (χ1v) is 9.04. The number of phenols is 1. The number of amides is 2. The summed E-state index contributed by atoms with van der Waals surface area (Å²) < 4.78 is 5.04. The van der Waals surface area contributed by atoms with Crippen LogP contribution >= 0.6 is 11.8 Å². The standard InChI is InChI=1S/C20H17NO5S/c1-26-17-10-12(6-8-16(17)23)5-7-15(22)14-4-2-3-13(9-14)11-18-19(24)21-20(25)27-18/h2-10,18,23H,11H2,1H3,(H,21,24,25)/b7-5+. The highest BCUT2D eigenvalue weighted by Gasteiger charge is 2.31. The summed E-state index contributed by atoms with van der Waals surface area (Å²) in [5.41, 5.74) is 2.01. The molecule has 2 aromatic carbocycles. The van der Waals surface area contributed by atoms with Gasteiger partial charge in [0.15, 0.2) is 17.3 Å². The molecule has 0 spiro atoms. The largest absolute Gasteiger partial charge is 0.504 e. The van der Waals surface area contributed by atoms with Crippen LogP contribution in [0.25, 0.3) is 6.08 Å². The maximum Gasteiger partial charge on any atom is 0.286 e. The van der Waals surface area contributed by atoms with E-state index in [1.165, 1.54) is 19.3 Å². The summed E-state index contributed by atoms with van der Waals surface area (Å²) >= 11 is 0.964. The number of thioether (sulfide) groups is 1. The lowest BCUT2D eigenvalue weighted by atomic mass is 10.0. The van der Waals surface area contributed by atoms with Gasteiger partial charge in [0.25, 0.3) is 5.24 Å². The third-order valence-electron chi connectivity index (χ3n) is 4.03. The maximum atomic E-state index is 12.4. The zero-order valence-electron chi connectivity index (χ0n) is 14.5. The summed E-state index contributed by atoms with van der Waals surface area (Å²) in [6, 6.07) is 11.8. The Morgan fingerprint density at radius 2 is 2.07 bits per heavy atom. The summed E-state index contributed by atoms with van der Waals surface area (Å²) in [6.07, 6.45) is 3.45. The number of methoxy groups -OCH3 is 1. The van der Waals surface area contributed by atoms with Crippen LogP contribution in [0.1, 0.15) is 21.5 Å². The second kappa shape index (κ2) is 8.09. The van der Waals surface area contributed by atoms with Crippen molar-refractivity contribution < 1.29 is 24.2 Å². The highest BCUT2D eigenvalue weighted by Crippen LogP contribution is 2.27. The van der Waals surface area contributed by atoms with Gasteiger partial charge >= 0.3 is 0 Å². The SMILES string of the molecule is COc1cc(/C=C/C(=O)c2cccc(CC3SC(=O)NC3=O)c2)ccc1O. The molecule has 1 fully saturated rings. The number of hydrogen-bond donors (Lipinski definition) is 2. The number of ether oxygens (including phenoxy) is 1. The third kappa shape index (κ3) is 4.57. The van der Waals surface area contributed by atoms with Crippen molar-refractivity contribution in [1.29, 1.82) is 0 Å². The van der Waals surface area contributed by atoms with Crippen LogP contribution in [0.5, 0.6) is 11.5 Å². The Labute approximate surface area is 160 Å². The number of imide groups is 1. The Balaban J connectivity index is 1.72. The van der Waals surface area contributed by atoms with Crippen molar-refractivity contribution >= 4 is 34.8 Å². The van der Waals surface area contributed by atoms with Crippen molar-refractivity contribution in [2.75, 3.05) is 7.11 Å². The van der Waals surface area contributed by atoms with Gasteiger partial charge in [0.2, 0.25) is 5.91 Å². The van der Waals surface area contributed by atoms with Crippen LogP contribution in [0.15, 0.2) is 48.5 Å². The zero-order chi connectivity index (χ0) is 19.4. The molecule has 1 aliphatic rings. The Morgan fingerprint density at radius 1 is 1.26 bits per heavy atom. The first-order chi connectivity index (χ1) is 13.0. The van der Waals surface area contributed by atoms with Gasteiger partial charge in [0.1, 0.15) is 0 Å². The van der Waals surface area contributed by atoms with Gasteiger partial charge in [-0.15, -0.1) is 0 Å². The van der Waals surface area contributed by atoms with E-state index in [0.29, 0.717) is 23.3 Å². The van der Waals surface area contributed by atoms with E-state index >= 15 is 0 Å². The third-order valence-corrected chi connectivity index (χ3v) is 5.01. The Kier molecular flexibility index (Phi) is 5.61. The lowest BCUT2D eigenvalue weighted by Crippen LogP contribution is -2.25. The van der Waals surface area contributed by atoms with Crippen LogP contribution in [-0.4, -0.2) is 34.4 Å². The number of nitrogens with one attached hydrogen (secondary N) is 1. The van der Waals surface area contributed by atoms with Gasteiger partial charge in [-0.25, -0.2) is 0 Å². The molecule has 0 bridgehead atoms. The summed E-state index contributed by atoms with van der Waals surface area (Å²) in [5, 5.41) is 11.0. The molecule has 6 nitrogen and oxygen atoms in total. The molecule has 1 aliphatic heterocycles. The van der Waals surface area contributed by atoms with Gasteiger partial charge in [-0.3, -0.25) is 19.7 Å². The number of ketones is 1. The number of carbonyl (C=O) groups is 3. The average molecular weight is 383 g/mol. The predicted octanol–water partition coefficient (Wildman–Crippen LogP) is 3.19. The summed E-state index contributed by atoms with van der Waals surface area (Å²) in [7, 11) is 1.45. The van der Waals surface area contributed by atoms with Crippen LogP contribution in [0, 0.1) is 0 Å². The molecule has 0 aromatic heterocycles. The molecule has 1 saturated heterocycles. The van der Waals surface area contributed by atoms with E-state index in [9.17, 15) is 19.5 Å². The van der Waals surface area contributed by atoms with Gasteiger partial charge in [-0.1, -0.05) is 42.1 Å². The van der Waals surface area contributed by atoms with Crippen molar-refractivity contribution in [2.45, 2.75) is 11.7 Å². The fourth-order valence-electron chi connectivity index (χ4n) is 2.66. The van der Waals surface area contributed by atoms with Crippen LogP contribution in [0.3, 0.4) is 0 Å². The lowest BCUT2D eigenvalue weighted by molar-refractivity contribution is -0.118. The number of rotatable bonds is 6. The number of aromatic hydroxyl groups is 1. The van der Waals surface area contributed by atoms with E-state index < -0.39 is 5.25 Å². The summed E-state index contributed by atoms with van der Waals surface area (Å²) in [5.74, 6) is -0.138. The van der Waals surface area contributed by atoms with Crippen molar-refractivity contribution in [3.05, 3.63) is 65.2 Å². The topological polar surface area (TPSA) is 92.7 Å². The molecular weight excluding hydrogens is 366 g/mol. The molecule has 7 heteroatoms. The lowest BCUT2D eigenvalue weighted by Gasteiger charge is -2.06.